The summed E-state index contributed by atoms with van der Waals surface area (Å²) in [5.74, 6) is 1.31. The van der Waals surface area contributed by atoms with E-state index in [2.05, 4.69) is 25.9 Å². The average Bonchev–Trinajstić information content (AvgIpc) is 2.27. The number of halogens is 1. The minimum absolute atomic E-state index is 0.530. The Balaban J connectivity index is 2.63. The second-order valence-corrected chi connectivity index (χ2v) is 4.26. The second kappa shape index (κ2) is 4.76. The highest BCUT2D eigenvalue weighted by Gasteiger charge is 2.07. The molecule has 0 aliphatic rings. The van der Waals surface area contributed by atoms with Crippen LogP contribution < -0.4 is 10.5 Å². The van der Waals surface area contributed by atoms with Crippen LogP contribution in [0.4, 0.5) is 0 Å². The van der Waals surface area contributed by atoms with Crippen LogP contribution in [0.2, 0.25) is 0 Å². The molecule has 1 aromatic carbocycles. The summed E-state index contributed by atoms with van der Waals surface area (Å²) < 4.78 is 6.23. The number of nitrogens with zero attached hydrogens (tertiary/aromatic N) is 2. The van der Waals surface area contributed by atoms with Crippen LogP contribution in [0.3, 0.4) is 0 Å². The third-order valence-corrected chi connectivity index (χ3v) is 2.72. The summed E-state index contributed by atoms with van der Waals surface area (Å²) in [4.78, 5) is 8.74. The van der Waals surface area contributed by atoms with Crippen molar-refractivity contribution >= 4 is 26.8 Å². The molecule has 0 saturated carbocycles. The van der Waals surface area contributed by atoms with Crippen LogP contribution in [0, 0.1) is 0 Å². The normalized spacial score (nSPS) is 10.7. The van der Waals surface area contributed by atoms with E-state index in [0.717, 1.165) is 15.4 Å². The van der Waals surface area contributed by atoms with Crippen molar-refractivity contribution in [1.82, 2.24) is 9.97 Å². The molecule has 1 heterocycles. The van der Waals surface area contributed by atoms with E-state index in [4.69, 9.17) is 10.5 Å². The predicted octanol–water partition coefficient (Wildman–Crippen LogP) is 1.90. The second-order valence-electron chi connectivity index (χ2n) is 3.35. The van der Waals surface area contributed by atoms with E-state index >= 15 is 0 Å². The maximum absolute atomic E-state index is 5.50. The molecule has 0 bridgehead atoms. The standard InChI is InChI=1S/C11H12BrN3O/c1-16-11-8-3-2-7(12)6-9(8)14-10(15-11)4-5-13/h2-3,6H,4-5,13H2,1H3. The van der Waals surface area contributed by atoms with Crippen LogP contribution in [0.15, 0.2) is 22.7 Å². The molecule has 0 spiro atoms. The van der Waals surface area contributed by atoms with Crippen LogP contribution in [0.25, 0.3) is 10.9 Å². The molecule has 5 heteroatoms. The van der Waals surface area contributed by atoms with Gasteiger partial charge in [-0.05, 0) is 24.7 Å². The highest BCUT2D eigenvalue weighted by atomic mass is 79.9. The van der Waals surface area contributed by atoms with Crippen molar-refractivity contribution in [1.29, 1.82) is 0 Å². The molecular formula is C11H12BrN3O. The van der Waals surface area contributed by atoms with Crippen molar-refractivity contribution in [3.8, 4) is 5.88 Å². The molecule has 0 radical (unpaired) electrons. The molecule has 1 aromatic heterocycles. The van der Waals surface area contributed by atoms with Crippen molar-refractivity contribution in [2.24, 2.45) is 5.73 Å². The van der Waals surface area contributed by atoms with Gasteiger partial charge in [-0.2, -0.15) is 4.98 Å². The Morgan fingerprint density at radius 2 is 2.19 bits per heavy atom. The highest BCUT2D eigenvalue weighted by molar-refractivity contribution is 9.10. The predicted molar refractivity (Wildman–Crippen MR) is 66.5 cm³/mol. The third kappa shape index (κ3) is 2.15. The molecule has 0 amide bonds. The van der Waals surface area contributed by atoms with Crippen molar-refractivity contribution in [3.63, 3.8) is 0 Å². The highest BCUT2D eigenvalue weighted by Crippen LogP contribution is 2.25. The molecule has 0 atom stereocenters. The zero-order valence-corrected chi connectivity index (χ0v) is 10.5. The maximum Gasteiger partial charge on any atom is 0.224 e. The van der Waals surface area contributed by atoms with Gasteiger partial charge in [0.2, 0.25) is 5.88 Å². The molecular weight excluding hydrogens is 270 g/mol. The Bertz CT molecular complexity index is 516. The van der Waals surface area contributed by atoms with Crippen LogP contribution >= 0.6 is 15.9 Å². The smallest absolute Gasteiger partial charge is 0.224 e. The largest absolute Gasteiger partial charge is 0.480 e. The van der Waals surface area contributed by atoms with E-state index in [1.54, 1.807) is 7.11 Å². The summed E-state index contributed by atoms with van der Waals surface area (Å²) in [7, 11) is 1.61. The van der Waals surface area contributed by atoms with Gasteiger partial charge in [0.1, 0.15) is 5.82 Å². The number of fused-ring (bicyclic) bond motifs is 1. The Labute approximate surface area is 102 Å². The number of methoxy groups -OCH3 is 1. The Hall–Kier alpha value is -1.20. The molecule has 16 heavy (non-hydrogen) atoms. The minimum Gasteiger partial charge on any atom is -0.480 e. The number of nitrogens with two attached hydrogens (primary N) is 1. The molecule has 2 aromatic rings. The fourth-order valence-electron chi connectivity index (χ4n) is 1.52. The van der Waals surface area contributed by atoms with Gasteiger partial charge in [0.15, 0.2) is 0 Å². The summed E-state index contributed by atoms with van der Waals surface area (Å²) in [5, 5.41) is 0.909. The third-order valence-electron chi connectivity index (χ3n) is 2.23. The Morgan fingerprint density at radius 3 is 2.88 bits per heavy atom. The van der Waals surface area contributed by atoms with E-state index in [0.29, 0.717) is 24.7 Å². The Kier molecular flexibility index (Phi) is 3.36. The van der Waals surface area contributed by atoms with E-state index in [9.17, 15) is 0 Å². The first-order valence-corrected chi connectivity index (χ1v) is 5.74. The number of ether oxygens (including phenoxy) is 1. The zero-order valence-electron chi connectivity index (χ0n) is 8.90. The summed E-state index contributed by atoms with van der Waals surface area (Å²) in [6, 6.07) is 5.82. The van der Waals surface area contributed by atoms with Gasteiger partial charge in [-0.15, -0.1) is 0 Å². The molecule has 0 saturated heterocycles. The molecule has 4 nitrogen and oxygen atoms in total. The zero-order chi connectivity index (χ0) is 11.5. The van der Waals surface area contributed by atoms with Gasteiger partial charge >= 0.3 is 0 Å². The van der Waals surface area contributed by atoms with Crippen LogP contribution in [0.1, 0.15) is 5.82 Å². The molecule has 2 N–H and O–H groups in total. The van der Waals surface area contributed by atoms with Crippen LogP contribution in [-0.4, -0.2) is 23.6 Å². The number of hydrogen-bond acceptors (Lipinski definition) is 4. The Morgan fingerprint density at radius 1 is 1.38 bits per heavy atom. The molecule has 2 rings (SSSR count). The van der Waals surface area contributed by atoms with Gasteiger partial charge in [-0.3, -0.25) is 0 Å². The molecule has 0 unspecified atom stereocenters. The van der Waals surface area contributed by atoms with E-state index in [-0.39, 0.29) is 0 Å². The lowest BCUT2D eigenvalue weighted by molar-refractivity contribution is 0.400. The molecule has 0 aliphatic heterocycles. The van der Waals surface area contributed by atoms with Gasteiger partial charge in [-0.1, -0.05) is 15.9 Å². The molecule has 0 aliphatic carbocycles. The van der Waals surface area contributed by atoms with Crippen molar-refractivity contribution in [3.05, 3.63) is 28.5 Å². The average molecular weight is 282 g/mol. The lowest BCUT2D eigenvalue weighted by atomic mass is 10.2. The summed E-state index contributed by atoms with van der Waals surface area (Å²) in [6.45, 7) is 0.530. The van der Waals surface area contributed by atoms with Gasteiger partial charge in [-0.25, -0.2) is 4.98 Å². The van der Waals surface area contributed by atoms with E-state index < -0.39 is 0 Å². The number of aromatic nitrogens is 2. The first-order chi connectivity index (χ1) is 7.74. The van der Waals surface area contributed by atoms with Gasteiger partial charge < -0.3 is 10.5 Å². The number of benzene rings is 1. The quantitative estimate of drug-likeness (QED) is 0.934. The molecule has 84 valence electrons. The number of rotatable bonds is 3. The van der Waals surface area contributed by atoms with Crippen LogP contribution in [0.5, 0.6) is 5.88 Å². The van der Waals surface area contributed by atoms with Gasteiger partial charge in [0, 0.05) is 10.9 Å². The fraction of sp³-hybridized carbons (Fsp3) is 0.273. The van der Waals surface area contributed by atoms with Crippen molar-refractivity contribution < 1.29 is 4.74 Å². The monoisotopic (exact) mass is 281 g/mol. The van der Waals surface area contributed by atoms with Gasteiger partial charge in [0.05, 0.1) is 18.0 Å². The van der Waals surface area contributed by atoms with E-state index in [1.165, 1.54) is 0 Å². The van der Waals surface area contributed by atoms with Crippen molar-refractivity contribution in [2.75, 3.05) is 13.7 Å². The summed E-state index contributed by atoms with van der Waals surface area (Å²) in [5.41, 5.74) is 6.36. The first-order valence-electron chi connectivity index (χ1n) is 4.95. The van der Waals surface area contributed by atoms with Gasteiger partial charge in [0.25, 0.3) is 0 Å². The minimum atomic E-state index is 0.530. The number of hydrogen-bond donors (Lipinski definition) is 1. The van der Waals surface area contributed by atoms with Crippen molar-refractivity contribution in [2.45, 2.75) is 6.42 Å². The molecule has 0 fully saturated rings. The first kappa shape index (κ1) is 11.3. The maximum atomic E-state index is 5.50. The topological polar surface area (TPSA) is 61.0 Å². The summed E-state index contributed by atoms with van der Waals surface area (Å²) in [6.07, 6.45) is 0.652. The van der Waals surface area contributed by atoms with Crippen LogP contribution in [-0.2, 0) is 6.42 Å². The fourth-order valence-corrected chi connectivity index (χ4v) is 1.87. The lowest BCUT2D eigenvalue weighted by Gasteiger charge is -2.06. The SMILES string of the molecule is COc1nc(CCN)nc2cc(Br)ccc12. The summed E-state index contributed by atoms with van der Waals surface area (Å²) >= 11 is 3.42. The van der Waals surface area contributed by atoms with E-state index in [1.807, 2.05) is 18.2 Å². The lowest BCUT2D eigenvalue weighted by Crippen LogP contribution is -2.07.